The summed E-state index contributed by atoms with van der Waals surface area (Å²) in [6.07, 6.45) is 16.8. The van der Waals surface area contributed by atoms with Crippen molar-refractivity contribution < 1.29 is 5.11 Å². The zero-order chi connectivity index (χ0) is 19.0. The molecule has 27 heavy (non-hydrogen) atoms. The monoisotopic (exact) mass is 368 g/mol. The molecule has 5 aliphatic rings. The molecule has 0 saturated heterocycles. The minimum atomic E-state index is -0.0256. The molecule has 4 saturated carbocycles. The maximum atomic E-state index is 10.3. The number of aliphatic hydroxyl groups excluding tert-OH is 1. The van der Waals surface area contributed by atoms with Gasteiger partial charge in [0.1, 0.15) is 0 Å². The van der Waals surface area contributed by atoms with Gasteiger partial charge >= 0.3 is 0 Å². The van der Waals surface area contributed by atoms with Crippen molar-refractivity contribution in [2.75, 3.05) is 0 Å². The van der Waals surface area contributed by atoms with E-state index in [0.717, 1.165) is 36.5 Å². The Morgan fingerprint density at radius 1 is 0.889 bits per heavy atom. The van der Waals surface area contributed by atoms with Crippen molar-refractivity contribution in [2.24, 2.45) is 39.9 Å². The minimum Gasteiger partial charge on any atom is -0.393 e. The molecule has 0 heterocycles. The highest BCUT2D eigenvalue weighted by Crippen LogP contribution is 2.73. The van der Waals surface area contributed by atoms with Gasteiger partial charge in [0.15, 0.2) is 0 Å². The van der Waals surface area contributed by atoms with Gasteiger partial charge in [-0.3, -0.25) is 0 Å². The summed E-state index contributed by atoms with van der Waals surface area (Å²) in [5, 5.41) is 10.3. The molecule has 7 unspecified atom stereocenters. The number of hydrogen-bond acceptors (Lipinski definition) is 1. The molecule has 5 rings (SSSR count). The first-order chi connectivity index (χ1) is 12.8. The van der Waals surface area contributed by atoms with Gasteiger partial charge in [0.05, 0.1) is 6.10 Å². The van der Waals surface area contributed by atoms with Crippen LogP contribution in [-0.2, 0) is 0 Å². The zero-order valence-corrected chi connectivity index (χ0v) is 17.9. The lowest BCUT2D eigenvalue weighted by atomic mass is 9.40. The molecule has 1 nitrogen and oxygen atoms in total. The molecule has 0 amide bonds. The van der Waals surface area contributed by atoms with Crippen LogP contribution in [0.2, 0.25) is 0 Å². The summed E-state index contributed by atoms with van der Waals surface area (Å²) >= 11 is 0. The van der Waals surface area contributed by atoms with Crippen LogP contribution in [-0.4, -0.2) is 11.2 Å². The van der Waals surface area contributed by atoms with Gasteiger partial charge in [0.2, 0.25) is 0 Å². The molecule has 150 valence electrons. The van der Waals surface area contributed by atoms with E-state index in [2.05, 4.69) is 33.4 Å². The predicted molar refractivity (Wildman–Crippen MR) is 112 cm³/mol. The van der Waals surface area contributed by atoms with Crippen molar-refractivity contribution >= 4 is 0 Å². The SMILES string of the molecule is C=C1C=C(C2CCC3(C)C4CCC5CC(O)CCC5(C)[C@H]4CCC23C)CC1. The maximum Gasteiger partial charge on any atom is 0.0543 e. The fourth-order valence-corrected chi connectivity index (χ4v) is 9.22. The summed E-state index contributed by atoms with van der Waals surface area (Å²) in [6.45, 7) is 12.2. The van der Waals surface area contributed by atoms with E-state index in [0.29, 0.717) is 16.2 Å². The highest BCUT2D eigenvalue weighted by Gasteiger charge is 2.65. The molecular weight excluding hydrogens is 328 g/mol. The molecule has 1 heteroatoms. The van der Waals surface area contributed by atoms with E-state index < -0.39 is 0 Å². The van der Waals surface area contributed by atoms with Gasteiger partial charge in [0.25, 0.3) is 0 Å². The molecule has 0 bridgehead atoms. The van der Waals surface area contributed by atoms with Crippen molar-refractivity contribution in [3.05, 3.63) is 23.8 Å². The summed E-state index contributed by atoms with van der Waals surface area (Å²) in [4.78, 5) is 0. The van der Waals surface area contributed by atoms with Crippen LogP contribution in [0.4, 0.5) is 0 Å². The van der Waals surface area contributed by atoms with E-state index in [1.165, 1.54) is 63.4 Å². The normalized spacial score (nSPS) is 54.9. The van der Waals surface area contributed by atoms with E-state index in [4.69, 9.17) is 0 Å². The van der Waals surface area contributed by atoms with Crippen molar-refractivity contribution in [3.63, 3.8) is 0 Å². The van der Waals surface area contributed by atoms with Crippen LogP contribution >= 0.6 is 0 Å². The Morgan fingerprint density at radius 3 is 2.41 bits per heavy atom. The number of allylic oxidation sites excluding steroid dienone is 3. The number of rotatable bonds is 1. The van der Waals surface area contributed by atoms with Crippen LogP contribution in [0.25, 0.3) is 0 Å². The third-order valence-corrected chi connectivity index (χ3v) is 11.1. The molecular formula is C26H40O. The maximum absolute atomic E-state index is 10.3. The molecule has 0 aliphatic heterocycles. The Kier molecular flexibility index (Phi) is 4.09. The van der Waals surface area contributed by atoms with Gasteiger partial charge in [-0.15, -0.1) is 0 Å². The van der Waals surface area contributed by atoms with Crippen molar-refractivity contribution in [2.45, 2.75) is 97.5 Å². The first-order valence-corrected chi connectivity index (χ1v) is 11.8. The highest BCUT2D eigenvalue weighted by atomic mass is 16.3. The highest BCUT2D eigenvalue weighted by molar-refractivity contribution is 5.33. The van der Waals surface area contributed by atoms with Crippen molar-refractivity contribution in [3.8, 4) is 0 Å². The van der Waals surface area contributed by atoms with Gasteiger partial charge < -0.3 is 5.11 Å². The lowest BCUT2D eigenvalue weighted by molar-refractivity contribution is -0.160. The third kappa shape index (κ3) is 2.39. The average molecular weight is 369 g/mol. The first kappa shape index (κ1) is 18.5. The van der Waals surface area contributed by atoms with Crippen LogP contribution in [0.1, 0.15) is 91.4 Å². The molecule has 8 atom stereocenters. The molecule has 1 N–H and O–H groups in total. The standard InChI is InChI=1S/C26H40O/c1-17-5-6-18(15-17)21-10-13-26(4)23-8-7-19-16-20(27)9-12-24(19,2)22(23)11-14-25(21,26)3/h15,19-23,27H,1,5-14,16H2,2-4H3/t19?,20?,21?,22-,23?,24?,25?,26?/m0/s1. The molecule has 4 fully saturated rings. The van der Waals surface area contributed by atoms with Crippen LogP contribution in [0.3, 0.4) is 0 Å². The topological polar surface area (TPSA) is 20.2 Å². The summed E-state index contributed by atoms with van der Waals surface area (Å²) in [5.74, 6) is 3.38. The fourth-order valence-electron chi connectivity index (χ4n) is 9.22. The van der Waals surface area contributed by atoms with Crippen LogP contribution in [0.15, 0.2) is 23.8 Å². The summed E-state index contributed by atoms with van der Waals surface area (Å²) < 4.78 is 0. The second kappa shape index (κ2) is 5.97. The van der Waals surface area contributed by atoms with Crippen LogP contribution < -0.4 is 0 Å². The van der Waals surface area contributed by atoms with E-state index in [1.54, 1.807) is 5.57 Å². The molecule has 0 aromatic rings. The Labute approximate surface area is 166 Å². The largest absolute Gasteiger partial charge is 0.393 e. The minimum absolute atomic E-state index is 0.0256. The van der Waals surface area contributed by atoms with E-state index >= 15 is 0 Å². The Bertz CT molecular complexity index is 676. The Morgan fingerprint density at radius 2 is 1.67 bits per heavy atom. The molecule has 5 aliphatic carbocycles. The molecule has 0 aromatic carbocycles. The summed E-state index contributed by atoms with van der Waals surface area (Å²) in [6, 6.07) is 0. The number of aliphatic hydroxyl groups is 1. The quantitative estimate of drug-likeness (QED) is 0.548. The van der Waals surface area contributed by atoms with Gasteiger partial charge in [-0.05, 0) is 111 Å². The second-order valence-electron chi connectivity index (χ2n) is 11.8. The van der Waals surface area contributed by atoms with Gasteiger partial charge in [-0.25, -0.2) is 0 Å². The smallest absolute Gasteiger partial charge is 0.0543 e. The van der Waals surface area contributed by atoms with Gasteiger partial charge in [0, 0.05) is 0 Å². The van der Waals surface area contributed by atoms with Gasteiger partial charge in [-0.1, -0.05) is 44.6 Å². The Hall–Kier alpha value is -0.560. The van der Waals surface area contributed by atoms with Crippen molar-refractivity contribution in [1.82, 2.24) is 0 Å². The van der Waals surface area contributed by atoms with Gasteiger partial charge in [-0.2, -0.15) is 0 Å². The second-order valence-corrected chi connectivity index (χ2v) is 11.8. The number of fused-ring (bicyclic) bond motifs is 5. The lowest BCUT2D eigenvalue weighted by Gasteiger charge is -2.64. The molecule has 0 radical (unpaired) electrons. The first-order valence-electron chi connectivity index (χ1n) is 11.8. The molecule has 0 aromatic heterocycles. The van der Waals surface area contributed by atoms with E-state index in [1.807, 2.05) is 0 Å². The van der Waals surface area contributed by atoms with E-state index in [9.17, 15) is 5.11 Å². The number of hydrogen-bond donors (Lipinski definition) is 1. The van der Waals surface area contributed by atoms with Crippen LogP contribution in [0, 0.1) is 39.9 Å². The molecule has 0 spiro atoms. The third-order valence-electron chi connectivity index (χ3n) is 11.1. The lowest BCUT2D eigenvalue weighted by Crippen LogP contribution is -2.57. The summed E-state index contributed by atoms with van der Waals surface area (Å²) in [5.41, 5.74) is 4.60. The van der Waals surface area contributed by atoms with E-state index in [-0.39, 0.29) is 6.10 Å². The van der Waals surface area contributed by atoms with Crippen molar-refractivity contribution in [1.29, 1.82) is 0 Å². The predicted octanol–water partition coefficient (Wildman–Crippen LogP) is 6.67. The fraction of sp³-hybridized carbons (Fsp3) is 0.846. The van der Waals surface area contributed by atoms with Crippen LogP contribution in [0.5, 0.6) is 0 Å². The average Bonchev–Trinajstić information content (AvgIpc) is 3.16. The Balaban J connectivity index is 1.47. The zero-order valence-electron chi connectivity index (χ0n) is 17.9. The summed E-state index contributed by atoms with van der Waals surface area (Å²) in [7, 11) is 0.